The Hall–Kier alpha value is -1.88. The van der Waals surface area contributed by atoms with Crippen LogP contribution < -0.4 is 4.90 Å². The highest BCUT2D eigenvalue weighted by Crippen LogP contribution is 2.28. The van der Waals surface area contributed by atoms with Crippen LogP contribution in [-0.2, 0) is 0 Å². The van der Waals surface area contributed by atoms with E-state index in [9.17, 15) is 4.79 Å². The van der Waals surface area contributed by atoms with Gasteiger partial charge in [-0.3, -0.25) is 4.79 Å². The Labute approximate surface area is 130 Å². The summed E-state index contributed by atoms with van der Waals surface area (Å²) in [4.78, 5) is 20.6. The Morgan fingerprint density at radius 2 is 2.36 bits per heavy atom. The van der Waals surface area contributed by atoms with Crippen LogP contribution in [0.2, 0.25) is 0 Å². The Bertz CT molecular complexity index is 680. The van der Waals surface area contributed by atoms with Crippen LogP contribution in [0.3, 0.4) is 0 Å². The van der Waals surface area contributed by atoms with Crippen LogP contribution in [0, 0.1) is 5.92 Å². The van der Waals surface area contributed by atoms with Crippen LogP contribution in [0.1, 0.15) is 30.3 Å². The van der Waals surface area contributed by atoms with Crippen molar-refractivity contribution in [2.45, 2.75) is 19.8 Å². The lowest BCUT2D eigenvalue weighted by Crippen LogP contribution is -2.38. The summed E-state index contributed by atoms with van der Waals surface area (Å²) in [6.45, 7) is 4.81. The summed E-state index contributed by atoms with van der Waals surface area (Å²) in [6.07, 6.45) is 4.26. The average Bonchev–Trinajstić information content (AvgIpc) is 2.91. The molecule has 0 aliphatic carbocycles. The van der Waals surface area contributed by atoms with Gasteiger partial charge in [0, 0.05) is 33.3 Å². The molecule has 22 heavy (non-hydrogen) atoms. The molecular weight excluding hydrogens is 278 g/mol. The van der Waals surface area contributed by atoms with Crippen molar-refractivity contribution in [1.29, 1.82) is 0 Å². The highest BCUT2D eigenvalue weighted by molar-refractivity contribution is 5.98. The normalized spacial score (nSPS) is 19.5. The molecule has 0 unspecified atom stereocenters. The van der Waals surface area contributed by atoms with Crippen molar-refractivity contribution in [3.63, 3.8) is 0 Å². The summed E-state index contributed by atoms with van der Waals surface area (Å²) < 4.78 is 5.60. The number of nitrogens with zero attached hydrogens (tertiary/aromatic N) is 3. The van der Waals surface area contributed by atoms with E-state index in [-0.39, 0.29) is 5.78 Å². The standard InChI is InChI=1S/C17H23N3O2/c1-12(21)16-9-14-15(22-16)6-7-18-17(14)20(3)11-13-5-4-8-19(2)10-13/h6-7,9,13H,4-5,8,10-11H2,1-3H3/t13-/m0/s1. The van der Waals surface area contributed by atoms with Crippen LogP contribution >= 0.6 is 0 Å². The molecule has 3 rings (SSSR count). The number of anilines is 1. The number of fused-ring (bicyclic) bond motifs is 1. The highest BCUT2D eigenvalue weighted by Gasteiger charge is 2.21. The Morgan fingerprint density at radius 1 is 1.55 bits per heavy atom. The smallest absolute Gasteiger partial charge is 0.194 e. The van der Waals surface area contributed by atoms with E-state index >= 15 is 0 Å². The van der Waals surface area contributed by atoms with E-state index in [2.05, 4.69) is 28.9 Å². The number of carbonyl (C=O) groups excluding carboxylic acids is 1. The van der Waals surface area contributed by atoms with Gasteiger partial charge >= 0.3 is 0 Å². The van der Waals surface area contributed by atoms with E-state index < -0.39 is 0 Å². The van der Waals surface area contributed by atoms with Crippen LogP contribution in [0.5, 0.6) is 0 Å². The van der Waals surface area contributed by atoms with E-state index in [0.29, 0.717) is 11.7 Å². The molecule has 1 saturated heterocycles. The zero-order valence-corrected chi connectivity index (χ0v) is 13.5. The van der Waals surface area contributed by atoms with Crippen molar-refractivity contribution in [1.82, 2.24) is 9.88 Å². The van der Waals surface area contributed by atoms with Gasteiger partial charge < -0.3 is 14.2 Å². The summed E-state index contributed by atoms with van der Waals surface area (Å²) in [5.41, 5.74) is 0.725. The van der Waals surface area contributed by atoms with Gasteiger partial charge in [-0.15, -0.1) is 0 Å². The Balaban J connectivity index is 1.83. The summed E-state index contributed by atoms with van der Waals surface area (Å²) in [5.74, 6) is 1.88. The molecule has 0 aromatic carbocycles. The summed E-state index contributed by atoms with van der Waals surface area (Å²) in [7, 11) is 4.25. The second kappa shape index (κ2) is 6.08. The number of piperidine rings is 1. The number of furan rings is 1. The fourth-order valence-corrected chi connectivity index (χ4v) is 3.32. The fraction of sp³-hybridized carbons (Fsp3) is 0.529. The Morgan fingerprint density at radius 3 is 3.09 bits per heavy atom. The molecule has 0 N–H and O–H groups in total. The molecule has 1 atom stereocenters. The van der Waals surface area contributed by atoms with E-state index in [1.807, 2.05) is 12.1 Å². The molecule has 1 fully saturated rings. The number of pyridine rings is 1. The third-order valence-electron chi connectivity index (χ3n) is 4.39. The molecule has 5 heteroatoms. The van der Waals surface area contributed by atoms with Gasteiger partial charge in [0.05, 0.1) is 5.39 Å². The van der Waals surface area contributed by atoms with Crippen molar-refractivity contribution < 1.29 is 9.21 Å². The van der Waals surface area contributed by atoms with Crippen molar-refractivity contribution in [3.8, 4) is 0 Å². The lowest BCUT2D eigenvalue weighted by atomic mass is 9.98. The first-order chi connectivity index (χ1) is 10.5. The van der Waals surface area contributed by atoms with Gasteiger partial charge in [-0.05, 0) is 44.5 Å². The highest BCUT2D eigenvalue weighted by atomic mass is 16.3. The largest absolute Gasteiger partial charge is 0.453 e. The first-order valence-electron chi connectivity index (χ1n) is 7.83. The third-order valence-corrected chi connectivity index (χ3v) is 4.39. The molecule has 0 bridgehead atoms. The zero-order valence-electron chi connectivity index (χ0n) is 13.5. The molecule has 0 amide bonds. The predicted molar refractivity (Wildman–Crippen MR) is 87.5 cm³/mol. The van der Waals surface area contributed by atoms with E-state index in [1.165, 1.54) is 26.3 Å². The second-order valence-corrected chi connectivity index (χ2v) is 6.36. The van der Waals surface area contributed by atoms with Gasteiger partial charge in [0.25, 0.3) is 0 Å². The van der Waals surface area contributed by atoms with Crippen molar-refractivity contribution in [3.05, 3.63) is 24.1 Å². The molecule has 1 aliphatic heterocycles. The first kappa shape index (κ1) is 15.0. The number of carbonyl (C=O) groups is 1. The molecule has 0 radical (unpaired) electrons. The van der Waals surface area contributed by atoms with E-state index in [1.54, 1.807) is 6.20 Å². The van der Waals surface area contributed by atoms with Crippen LogP contribution in [-0.4, -0.2) is 49.4 Å². The van der Waals surface area contributed by atoms with Crippen LogP contribution in [0.4, 0.5) is 5.82 Å². The summed E-state index contributed by atoms with van der Waals surface area (Å²) in [6, 6.07) is 3.62. The monoisotopic (exact) mass is 301 g/mol. The van der Waals surface area contributed by atoms with Gasteiger partial charge in [0.2, 0.25) is 0 Å². The minimum Gasteiger partial charge on any atom is -0.453 e. The number of aromatic nitrogens is 1. The lowest BCUT2D eigenvalue weighted by Gasteiger charge is -2.32. The molecule has 0 spiro atoms. The van der Waals surface area contributed by atoms with E-state index in [0.717, 1.165) is 29.9 Å². The first-order valence-corrected chi connectivity index (χ1v) is 7.83. The van der Waals surface area contributed by atoms with Crippen molar-refractivity contribution >= 4 is 22.6 Å². The quantitative estimate of drug-likeness (QED) is 0.813. The number of likely N-dealkylation sites (tertiary alicyclic amines) is 1. The molecular formula is C17H23N3O2. The average molecular weight is 301 g/mol. The maximum Gasteiger partial charge on any atom is 0.194 e. The molecule has 118 valence electrons. The van der Waals surface area contributed by atoms with Gasteiger partial charge in [-0.2, -0.15) is 0 Å². The molecule has 2 aromatic rings. The van der Waals surface area contributed by atoms with Crippen molar-refractivity contribution in [2.75, 3.05) is 38.6 Å². The van der Waals surface area contributed by atoms with Gasteiger partial charge in [0.1, 0.15) is 11.4 Å². The Kier molecular flexibility index (Phi) is 4.16. The summed E-state index contributed by atoms with van der Waals surface area (Å²) >= 11 is 0. The SMILES string of the molecule is CC(=O)c1cc2c(N(C)C[C@H]3CCCN(C)C3)nccc2o1. The van der Waals surface area contributed by atoms with Crippen LogP contribution in [0.25, 0.3) is 11.0 Å². The molecule has 0 saturated carbocycles. The zero-order chi connectivity index (χ0) is 15.7. The van der Waals surface area contributed by atoms with E-state index in [4.69, 9.17) is 4.42 Å². The lowest BCUT2D eigenvalue weighted by molar-refractivity contribution is 0.0989. The van der Waals surface area contributed by atoms with Crippen molar-refractivity contribution in [2.24, 2.45) is 5.92 Å². The second-order valence-electron chi connectivity index (χ2n) is 6.36. The topological polar surface area (TPSA) is 49.6 Å². The molecule has 1 aliphatic rings. The maximum absolute atomic E-state index is 11.5. The van der Waals surface area contributed by atoms with Gasteiger partial charge in [-0.25, -0.2) is 4.98 Å². The van der Waals surface area contributed by atoms with Crippen LogP contribution in [0.15, 0.2) is 22.7 Å². The van der Waals surface area contributed by atoms with Gasteiger partial charge in [-0.1, -0.05) is 0 Å². The molecule has 3 heterocycles. The number of rotatable bonds is 4. The third kappa shape index (κ3) is 2.99. The molecule has 2 aromatic heterocycles. The predicted octanol–water partition coefficient (Wildman–Crippen LogP) is 2.81. The van der Waals surface area contributed by atoms with Gasteiger partial charge in [0.15, 0.2) is 11.5 Å². The number of hydrogen-bond acceptors (Lipinski definition) is 5. The summed E-state index contributed by atoms with van der Waals surface area (Å²) in [5, 5.41) is 0.916. The minimum atomic E-state index is -0.0568. The number of Topliss-reactive ketones (excluding diaryl/α,β-unsaturated/α-hetero) is 1. The number of ketones is 1. The molecule has 5 nitrogen and oxygen atoms in total. The number of hydrogen-bond donors (Lipinski definition) is 0. The minimum absolute atomic E-state index is 0.0568. The maximum atomic E-state index is 11.5. The fourth-order valence-electron chi connectivity index (χ4n) is 3.32.